The lowest BCUT2D eigenvalue weighted by atomic mass is 10.1. The van der Waals surface area contributed by atoms with Crippen molar-refractivity contribution in [2.45, 2.75) is 32.3 Å². The summed E-state index contributed by atoms with van der Waals surface area (Å²) in [5.74, 6) is -0.145. The molecule has 2 heterocycles. The quantitative estimate of drug-likeness (QED) is 0.775. The number of halogens is 1. The second kappa shape index (κ2) is 6.20. The Morgan fingerprint density at radius 2 is 2.29 bits per heavy atom. The molecule has 0 spiro atoms. The van der Waals surface area contributed by atoms with Gasteiger partial charge in [-0.1, -0.05) is 15.9 Å². The molecule has 2 aromatic rings. The van der Waals surface area contributed by atoms with Crippen LogP contribution < -0.4 is 0 Å². The fourth-order valence-electron chi connectivity index (χ4n) is 2.56. The summed E-state index contributed by atoms with van der Waals surface area (Å²) < 4.78 is 17.5. The average Bonchev–Trinajstić information content (AvgIpc) is 2.83. The van der Waals surface area contributed by atoms with Gasteiger partial charge in [-0.2, -0.15) is 0 Å². The Morgan fingerprint density at radius 1 is 1.43 bits per heavy atom. The first-order valence-electron chi connectivity index (χ1n) is 7.12. The molecule has 0 aliphatic carbocycles. The topological polar surface area (TPSA) is 48.7 Å². The van der Waals surface area contributed by atoms with Crippen LogP contribution in [0.25, 0.3) is 11.0 Å². The summed E-state index contributed by atoms with van der Waals surface area (Å²) >= 11 is 3.42. The van der Waals surface area contributed by atoms with E-state index in [1.807, 2.05) is 25.1 Å². The molecule has 1 atom stereocenters. The number of esters is 1. The highest BCUT2D eigenvalue weighted by Crippen LogP contribution is 2.28. The third kappa shape index (κ3) is 3.14. The minimum Gasteiger partial charge on any atom is -0.457 e. The maximum atomic E-state index is 12.2. The molecule has 1 aromatic carbocycles. The SMILES string of the molecule is Cc1c(C(=O)OCC2CCCCO2)oc2ccc(Br)cc12. The fraction of sp³-hybridized carbons (Fsp3) is 0.438. The van der Waals surface area contributed by atoms with Crippen LogP contribution in [0.3, 0.4) is 0 Å². The molecule has 0 saturated carbocycles. The first kappa shape index (κ1) is 14.6. The number of furan rings is 1. The highest BCUT2D eigenvalue weighted by atomic mass is 79.9. The number of ether oxygens (including phenoxy) is 2. The van der Waals surface area contributed by atoms with Crippen molar-refractivity contribution in [3.8, 4) is 0 Å². The van der Waals surface area contributed by atoms with Crippen molar-refractivity contribution in [2.24, 2.45) is 0 Å². The van der Waals surface area contributed by atoms with Gasteiger partial charge in [-0.05, 0) is 44.4 Å². The molecule has 0 radical (unpaired) electrons. The Hall–Kier alpha value is -1.33. The number of aryl methyl sites for hydroxylation is 1. The molecule has 1 aromatic heterocycles. The maximum Gasteiger partial charge on any atom is 0.374 e. The third-order valence-electron chi connectivity index (χ3n) is 3.76. The van der Waals surface area contributed by atoms with Gasteiger partial charge in [0.1, 0.15) is 12.2 Å². The summed E-state index contributed by atoms with van der Waals surface area (Å²) in [5.41, 5.74) is 1.50. The van der Waals surface area contributed by atoms with E-state index < -0.39 is 5.97 Å². The van der Waals surface area contributed by atoms with Crippen LogP contribution in [0.1, 0.15) is 35.4 Å². The zero-order chi connectivity index (χ0) is 14.8. The average molecular weight is 353 g/mol. The predicted molar refractivity (Wildman–Crippen MR) is 82.5 cm³/mol. The second-order valence-electron chi connectivity index (χ2n) is 5.28. The standard InChI is InChI=1S/C16H17BrO4/c1-10-13-8-11(17)5-6-14(13)21-15(10)16(18)20-9-12-4-2-3-7-19-12/h5-6,8,12H,2-4,7,9H2,1H3. The van der Waals surface area contributed by atoms with E-state index in [2.05, 4.69) is 15.9 Å². The van der Waals surface area contributed by atoms with Crippen molar-refractivity contribution in [3.05, 3.63) is 34.0 Å². The van der Waals surface area contributed by atoms with Crippen molar-refractivity contribution >= 4 is 32.9 Å². The van der Waals surface area contributed by atoms with Gasteiger partial charge in [0.25, 0.3) is 0 Å². The zero-order valence-electron chi connectivity index (χ0n) is 11.9. The van der Waals surface area contributed by atoms with Gasteiger partial charge in [0, 0.05) is 22.0 Å². The Morgan fingerprint density at radius 3 is 3.05 bits per heavy atom. The van der Waals surface area contributed by atoms with Crippen molar-refractivity contribution < 1.29 is 18.7 Å². The van der Waals surface area contributed by atoms with Gasteiger partial charge in [0.05, 0.1) is 6.10 Å². The lowest BCUT2D eigenvalue weighted by Crippen LogP contribution is -2.26. The molecule has 1 fully saturated rings. The number of rotatable bonds is 3. The van der Waals surface area contributed by atoms with Crippen LogP contribution in [0.5, 0.6) is 0 Å². The van der Waals surface area contributed by atoms with E-state index in [0.29, 0.717) is 12.2 Å². The lowest BCUT2D eigenvalue weighted by Gasteiger charge is -2.21. The maximum absolute atomic E-state index is 12.2. The highest BCUT2D eigenvalue weighted by Gasteiger charge is 2.21. The molecule has 1 aliphatic heterocycles. The van der Waals surface area contributed by atoms with Crippen LogP contribution in [-0.4, -0.2) is 25.3 Å². The van der Waals surface area contributed by atoms with Gasteiger partial charge in [0.15, 0.2) is 0 Å². The van der Waals surface area contributed by atoms with E-state index in [9.17, 15) is 4.79 Å². The third-order valence-corrected chi connectivity index (χ3v) is 4.25. The summed E-state index contributed by atoms with van der Waals surface area (Å²) in [6.45, 7) is 2.91. The Kier molecular flexibility index (Phi) is 4.31. The number of hydrogen-bond acceptors (Lipinski definition) is 4. The Labute approximate surface area is 131 Å². The van der Waals surface area contributed by atoms with E-state index in [1.165, 1.54) is 0 Å². The zero-order valence-corrected chi connectivity index (χ0v) is 13.4. The van der Waals surface area contributed by atoms with E-state index in [-0.39, 0.29) is 11.9 Å². The molecule has 21 heavy (non-hydrogen) atoms. The Balaban J connectivity index is 1.73. The van der Waals surface area contributed by atoms with E-state index >= 15 is 0 Å². The molecular weight excluding hydrogens is 336 g/mol. The van der Waals surface area contributed by atoms with Crippen LogP contribution >= 0.6 is 15.9 Å². The fourth-order valence-corrected chi connectivity index (χ4v) is 2.92. The molecule has 1 unspecified atom stereocenters. The van der Waals surface area contributed by atoms with Crippen LogP contribution in [0.15, 0.2) is 27.1 Å². The van der Waals surface area contributed by atoms with Gasteiger partial charge < -0.3 is 13.9 Å². The normalized spacial score (nSPS) is 18.9. The number of carbonyl (C=O) groups is 1. The highest BCUT2D eigenvalue weighted by molar-refractivity contribution is 9.10. The largest absolute Gasteiger partial charge is 0.457 e. The van der Waals surface area contributed by atoms with Crippen LogP contribution in [0.2, 0.25) is 0 Å². The smallest absolute Gasteiger partial charge is 0.374 e. The molecule has 3 rings (SSSR count). The van der Waals surface area contributed by atoms with Gasteiger partial charge in [-0.15, -0.1) is 0 Å². The van der Waals surface area contributed by atoms with Crippen LogP contribution in [0, 0.1) is 6.92 Å². The number of hydrogen-bond donors (Lipinski definition) is 0. The van der Waals surface area contributed by atoms with Crippen molar-refractivity contribution in [2.75, 3.05) is 13.2 Å². The van der Waals surface area contributed by atoms with Gasteiger partial charge >= 0.3 is 5.97 Å². The van der Waals surface area contributed by atoms with E-state index in [4.69, 9.17) is 13.9 Å². The molecule has 112 valence electrons. The molecule has 1 saturated heterocycles. The van der Waals surface area contributed by atoms with Gasteiger partial charge in [-0.3, -0.25) is 0 Å². The van der Waals surface area contributed by atoms with Crippen LogP contribution in [-0.2, 0) is 9.47 Å². The number of carbonyl (C=O) groups excluding carboxylic acids is 1. The summed E-state index contributed by atoms with van der Waals surface area (Å²) in [5, 5.41) is 0.922. The summed E-state index contributed by atoms with van der Waals surface area (Å²) in [7, 11) is 0. The summed E-state index contributed by atoms with van der Waals surface area (Å²) in [6.07, 6.45) is 3.17. The molecule has 4 nitrogen and oxygen atoms in total. The minimum atomic E-state index is -0.422. The molecule has 1 aliphatic rings. The van der Waals surface area contributed by atoms with Crippen LogP contribution in [0.4, 0.5) is 0 Å². The predicted octanol–water partition coefficient (Wildman–Crippen LogP) is 4.23. The first-order chi connectivity index (χ1) is 10.1. The van der Waals surface area contributed by atoms with E-state index in [0.717, 1.165) is 41.3 Å². The van der Waals surface area contributed by atoms with Crippen molar-refractivity contribution in [1.29, 1.82) is 0 Å². The number of benzene rings is 1. The van der Waals surface area contributed by atoms with Gasteiger partial charge in [-0.25, -0.2) is 4.79 Å². The van der Waals surface area contributed by atoms with Crippen molar-refractivity contribution in [3.63, 3.8) is 0 Å². The van der Waals surface area contributed by atoms with E-state index in [1.54, 1.807) is 0 Å². The molecule has 0 bridgehead atoms. The molecule has 5 heteroatoms. The Bertz CT molecular complexity index is 656. The molecular formula is C16H17BrO4. The monoisotopic (exact) mass is 352 g/mol. The minimum absolute atomic E-state index is 0.0153. The summed E-state index contributed by atoms with van der Waals surface area (Å²) in [6, 6.07) is 5.67. The van der Waals surface area contributed by atoms with Gasteiger partial charge in [0.2, 0.25) is 5.76 Å². The first-order valence-corrected chi connectivity index (χ1v) is 7.92. The second-order valence-corrected chi connectivity index (χ2v) is 6.20. The molecule has 0 N–H and O–H groups in total. The molecule has 0 amide bonds. The lowest BCUT2D eigenvalue weighted by molar-refractivity contribution is -0.0310. The number of fused-ring (bicyclic) bond motifs is 1. The summed E-state index contributed by atoms with van der Waals surface area (Å²) in [4.78, 5) is 12.2. The van der Waals surface area contributed by atoms with Crippen molar-refractivity contribution in [1.82, 2.24) is 0 Å².